The third-order valence-corrected chi connectivity index (χ3v) is 4.24. The number of carbonyl (C=O) groups excluding carboxylic acids is 2. The van der Waals surface area contributed by atoms with Crippen LogP contribution in [-0.2, 0) is 4.74 Å². The molecule has 1 aliphatic carbocycles. The predicted octanol–water partition coefficient (Wildman–Crippen LogP) is 3.82. The number of fused-ring (bicyclic) bond motifs is 1. The number of hydrogen-bond donors (Lipinski definition) is 0. The minimum Gasteiger partial charge on any atom is -0.485 e. The predicted molar refractivity (Wildman–Crippen MR) is 87.1 cm³/mol. The van der Waals surface area contributed by atoms with Crippen LogP contribution in [0.4, 0.5) is 0 Å². The molecule has 3 nitrogen and oxygen atoms in total. The fourth-order valence-corrected chi connectivity index (χ4v) is 3.13. The summed E-state index contributed by atoms with van der Waals surface area (Å²) in [5.41, 5.74) is 2.72. The fourth-order valence-electron chi connectivity index (χ4n) is 3.13. The average molecular weight is 302 g/mol. The van der Waals surface area contributed by atoms with Crippen LogP contribution in [0.25, 0.3) is 5.76 Å². The fraction of sp³-hybridized carbons (Fsp3) is 0.100. The van der Waals surface area contributed by atoms with Crippen LogP contribution in [0.1, 0.15) is 33.2 Å². The lowest BCUT2D eigenvalue weighted by Gasteiger charge is -2.29. The third kappa shape index (κ3) is 2.05. The number of hydrogen-bond acceptors (Lipinski definition) is 3. The molecule has 2 aromatic rings. The van der Waals surface area contributed by atoms with Gasteiger partial charge in [0.05, 0.1) is 5.57 Å². The zero-order valence-corrected chi connectivity index (χ0v) is 12.6. The Bertz CT molecular complexity index is 888. The van der Waals surface area contributed by atoms with Crippen molar-refractivity contribution in [3.8, 4) is 0 Å². The van der Waals surface area contributed by atoms with Gasteiger partial charge in [0.25, 0.3) is 0 Å². The van der Waals surface area contributed by atoms with Gasteiger partial charge in [-0.25, -0.2) is 0 Å². The van der Waals surface area contributed by atoms with Gasteiger partial charge in [-0.05, 0) is 13.0 Å². The zero-order valence-electron chi connectivity index (χ0n) is 12.6. The van der Waals surface area contributed by atoms with Crippen molar-refractivity contribution in [2.24, 2.45) is 0 Å². The quantitative estimate of drug-likeness (QED) is 0.804. The van der Waals surface area contributed by atoms with Crippen molar-refractivity contribution in [1.29, 1.82) is 0 Å². The Morgan fingerprint density at radius 2 is 1.43 bits per heavy atom. The minimum atomic E-state index is -0.449. The maximum atomic E-state index is 12.8. The molecule has 3 heteroatoms. The van der Waals surface area contributed by atoms with Gasteiger partial charge >= 0.3 is 0 Å². The second-order valence-corrected chi connectivity index (χ2v) is 5.67. The Hall–Kier alpha value is -2.94. The molecular weight excluding hydrogens is 288 g/mol. The van der Waals surface area contributed by atoms with E-state index in [-0.39, 0.29) is 11.6 Å². The monoisotopic (exact) mass is 302 g/mol. The van der Waals surface area contributed by atoms with E-state index in [1.807, 2.05) is 37.3 Å². The smallest absolute Gasteiger partial charge is 0.194 e. The molecule has 2 aromatic carbocycles. The van der Waals surface area contributed by atoms with E-state index in [1.165, 1.54) is 0 Å². The van der Waals surface area contributed by atoms with Gasteiger partial charge in [0.1, 0.15) is 11.9 Å². The molecule has 1 unspecified atom stereocenters. The highest BCUT2D eigenvalue weighted by atomic mass is 16.5. The lowest BCUT2D eigenvalue weighted by molar-refractivity contribution is 0.0938. The SMILES string of the molecule is CC1OC(c2ccccc2)=CC2=C1C(=O)c1ccccc1C2=O. The van der Waals surface area contributed by atoms with E-state index < -0.39 is 6.10 Å². The molecule has 1 heterocycles. The number of ketones is 2. The molecule has 1 atom stereocenters. The first-order valence-electron chi connectivity index (χ1n) is 7.53. The number of benzene rings is 2. The Labute approximate surface area is 133 Å². The van der Waals surface area contributed by atoms with Crippen LogP contribution in [0.2, 0.25) is 0 Å². The highest BCUT2D eigenvalue weighted by Crippen LogP contribution is 2.36. The second kappa shape index (κ2) is 5.06. The summed E-state index contributed by atoms with van der Waals surface area (Å²) in [6.07, 6.45) is 1.25. The molecule has 4 rings (SSSR count). The molecule has 0 amide bonds. The second-order valence-electron chi connectivity index (χ2n) is 5.67. The summed E-state index contributed by atoms with van der Waals surface area (Å²) in [7, 11) is 0. The number of Topliss-reactive ketones (excluding diaryl/α,β-unsaturated/α-hetero) is 2. The van der Waals surface area contributed by atoms with Crippen molar-refractivity contribution in [2.75, 3.05) is 0 Å². The number of allylic oxidation sites excluding steroid dienone is 2. The first-order valence-corrected chi connectivity index (χ1v) is 7.53. The summed E-state index contributed by atoms with van der Waals surface area (Å²) in [5.74, 6) is 0.391. The number of carbonyl (C=O) groups is 2. The minimum absolute atomic E-state index is 0.112. The van der Waals surface area contributed by atoms with Crippen LogP contribution < -0.4 is 0 Å². The van der Waals surface area contributed by atoms with Gasteiger partial charge in [-0.15, -0.1) is 0 Å². The molecule has 0 saturated heterocycles. The maximum absolute atomic E-state index is 12.8. The van der Waals surface area contributed by atoms with Gasteiger partial charge in [0.2, 0.25) is 0 Å². The summed E-state index contributed by atoms with van der Waals surface area (Å²) >= 11 is 0. The van der Waals surface area contributed by atoms with Crippen molar-refractivity contribution in [3.05, 3.63) is 88.5 Å². The van der Waals surface area contributed by atoms with E-state index in [0.29, 0.717) is 28.0 Å². The molecule has 0 N–H and O–H groups in total. The highest BCUT2D eigenvalue weighted by Gasteiger charge is 2.37. The topological polar surface area (TPSA) is 43.4 Å². The molecule has 0 radical (unpaired) electrons. The first-order chi connectivity index (χ1) is 11.2. The van der Waals surface area contributed by atoms with E-state index in [9.17, 15) is 9.59 Å². The standard InChI is InChI=1S/C20H14O3/c1-12-18-16(11-17(23-12)13-7-3-2-4-8-13)19(21)14-9-5-6-10-15(14)20(18)22/h2-12H,1H3. The molecular formula is C20H14O3. The van der Waals surface area contributed by atoms with E-state index in [1.54, 1.807) is 30.3 Å². The van der Waals surface area contributed by atoms with E-state index in [4.69, 9.17) is 4.74 Å². The van der Waals surface area contributed by atoms with Crippen molar-refractivity contribution >= 4 is 17.3 Å². The largest absolute Gasteiger partial charge is 0.485 e. The van der Waals surface area contributed by atoms with Gasteiger partial charge in [-0.1, -0.05) is 54.6 Å². The van der Waals surface area contributed by atoms with Crippen LogP contribution in [-0.4, -0.2) is 17.7 Å². The summed E-state index contributed by atoms with van der Waals surface area (Å²) in [5, 5.41) is 0. The Kier molecular flexibility index (Phi) is 3.01. The Morgan fingerprint density at radius 3 is 2.13 bits per heavy atom. The third-order valence-electron chi connectivity index (χ3n) is 4.24. The molecule has 0 saturated carbocycles. The van der Waals surface area contributed by atoms with Crippen molar-refractivity contribution in [3.63, 3.8) is 0 Å². The number of ether oxygens (including phenoxy) is 1. The Balaban J connectivity index is 1.89. The van der Waals surface area contributed by atoms with Crippen molar-refractivity contribution in [2.45, 2.75) is 13.0 Å². The molecule has 1 aliphatic heterocycles. The Morgan fingerprint density at radius 1 is 0.826 bits per heavy atom. The van der Waals surface area contributed by atoms with Gasteiger partial charge in [0.15, 0.2) is 11.6 Å². The average Bonchev–Trinajstić information content (AvgIpc) is 2.60. The molecule has 0 fully saturated rings. The summed E-state index contributed by atoms with van der Waals surface area (Å²) < 4.78 is 5.91. The molecule has 0 aromatic heterocycles. The van der Waals surface area contributed by atoms with Crippen LogP contribution >= 0.6 is 0 Å². The van der Waals surface area contributed by atoms with Crippen molar-refractivity contribution in [1.82, 2.24) is 0 Å². The number of rotatable bonds is 1. The van der Waals surface area contributed by atoms with Gasteiger partial charge in [0, 0.05) is 22.3 Å². The van der Waals surface area contributed by atoms with E-state index >= 15 is 0 Å². The van der Waals surface area contributed by atoms with Crippen LogP contribution in [0, 0.1) is 0 Å². The van der Waals surface area contributed by atoms with Crippen molar-refractivity contribution < 1.29 is 14.3 Å². The van der Waals surface area contributed by atoms with E-state index in [2.05, 4.69) is 0 Å². The maximum Gasteiger partial charge on any atom is 0.194 e. The lowest BCUT2D eigenvalue weighted by atomic mass is 9.80. The van der Waals surface area contributed by atoms with Gasteiger partial charge in [-0.2, -0.15) is 0 Å². The molecule has 0 bridgehead atoms. The lowest BCUT2D eigenvalue weighted by Crippen LogP contribution is -2.30. The van der Waals surface area contributed by atoms with Gasteiger partial charge < -0.3 is 4.74 Å². The van der Waals surface area contributed by atoms with E-state index in [0.717, 1.165) is 5.56 Å². The zero-order chi connectivity index (χ0) is 16.0. The van der Waals surface area contributed by atoms with Crippen LogP contribution in [0.3, 0.4) is 0 Å². The summed E-state index contributed by atoms with van der Waals surface area (Å²) in [4.78, 5) is 25.5. The molecule has 23 heavy (non-hydrogen) atoms. The molecule has 2 aliphatic rings. The first kappa shape index (κ1) is 13.7. The van der Waals surface area contributed by atoms with Crippen LogP contribution in [0.5, 0.6) is 0 Å². The van der Waals surface area contributed by atoms with Crippen LogP contribution in [0.15, 0.2) is 71.8 Å². The normalized spacial score (nSPS) is 19.7. The summed E-state index contributed by atoms with van der Waals surface area (Å²) in [6.45, 7) is 1.81. The molecule has 112 valence electrons. The molecule has 0 spiro atoms. The summed E-state index contributed by atoms with van der Waals surface area (Å²) in [6, 6.07) is 16.6. The highest BCUT2D eigenvalue weighted by molar-refractivity contribution is 6.28. The van der Waals surface area contributed by atoms with Gasteiger partial charge in [-0.3, -0.25) is 9.59 Å².